The molecule has 0 amide bonds. The Balaban J connectivity index is 1.91. The lowest BCUT2D eigenvalue weighted by Crippen LogP contribution is -2.40. The van der Waals surface area contributed by atoms with E-state index in [1.807, 2.05) is 31.2 Å². The predicted octanol–water partition coefficient (Wildman–Crippen LogP) is 2.86. The van der Waals surface area contributed by atoms with E-state index in [0.717, 1.165) is 22.1 Å². The number of para-hydroxylation sites is 1. The zero-order valence-corrected chi connectivity index (χ0v) is 18.7. The van der Waals surface area contributed by atoms with Crippen LogP contribution in [-0.4, -0.2) is 36.6 Å². The predicted molar refractivity (Wildman–Crippen MR) is 124 cm³/mol. The van der Waals surface area contributed by atoms with Gasteiger partial charge in [-0.05, 0) is 30.0 Å². The number of hydrogen-bond donors (Lipinski definition) is 1. The summed E-state index contributed by atoms with van der Waals surface area (Å²) < 4.78 is 23.8. The number of ether oxygens (including phenoxy) is 1. The van der Waals surface area contributed by atoms with Crippen LogP contribution < -0.4 is 16.0 Å². The second kappa shape index (κ2) is 9.58. The van der Waals surface area contributed by atoms with Crippen LogP contribution >= 0.6 is 0 Å². The van der Waals surface area contributed by atoms with Crippen LogP contribution in [0.2, 0.25) is 0 Å². The topological polar surface area (TPSA) is 91.3 Å². The number of halogens is 1. The van der Waals surface area contributed by atoms with Gasteiger partial charge in [-0.15, -0.1) is 0 Å². The molecule has 1 aliphatic rings. The van der Waals surface area contributed by atoms with E-state index in [4.69, 9.17) is 4.74 Å². The highest BCUT2D eigenvalue weighted by molar-refractivity contribution is 5.72. The summed E-state index contributed by atoms with van der Waals surface area (Å²) in [6, 6.07) is 7.73. The molecule has 1 atom stereocenters. The fraction of sp³-hybridized carbons (Fsp3) is 0.375. The van der Waals surface area contributed by atoms with Crippen LogP contribution in [0.25, 0.3) is 11.2 Å². The van der Waals surface area contributed by atoms with Crippen LogP contribution in [0.5, 0.6) is 11.8 Å². The fourth-order valence-electron chi connectivity index (χ4n) is 3.93. The van der Waals surface area contributed by atoms with Gasteiger partial charge in [-0.2, -0.15) is 4.98 Å². The van der Waals surface area contributed by atoms with Gasteiger partial charge in [-0.1, -0.05) is 43.4 Å². The van der Waals surface area contributed by atoms with E-state index in [1.54, 1.807) is 23.8 Å². The quantitative estimate of drug-likeness (QED) is 0.565. The Morgan fingerprint density at radius 3 is 2.73 bits per heavy atom. The van der Waals surface area contributed by atoms with Gasteiger partial charge in [0.2, 0.25) is 0 Å². The maximum absolute atomic E-state index is 13.6. The average Bonchev–Trinajstić information content (AvgIpc) is 3.17. The third kappa shape index (κ3) is 4.41. The lowest BCUT2D eigenvalue weighted by molar-refractivity contribution is 0.277. The van der Waals surface area contributed by atoms with Crippen LogP contribution in [0.15, 0.2) is 57.7 Å². The summed E-state index contributed by atoms with van der Waals surface area (Å²) in [5.41, 5.74) is 1.20. The number of aliphatic hydroxyl groups excluding tert-OH is 1. The highest BCUT2D eigenvalue weighted by Crippen LogP contribution is 2.28. The van der Waals surface area contributed by atoms with E-state index in [0.29, 0.717) is 5.75 Å². The lowest BCUT2D eigenvalue weighted by Gasteiger charge is -2.15. The average molecular weight is 455 g/mol. The van der Waals surface area contributed by atoms with Crippen molar-refractivity contribution in [3.63, 3.8) is 0 Å². The molecular weight excluding hydrogens is 427 g/mol. The Morgan fingerprint density at radius 1 is 1.24 bits per heavy atom. The van der Waals surface area contributed by atoms with Crippen molar-refractivity contribution in [1.29, 1.82) is 0 Å². The molecule has 1 aliphatic carbocycles. The number of nitrogens with zero attached hydrogens (tertiary/aromatic N) is 4. The van der Waals surface area contributed by atoms with Gasteiger partial charge < -0.3 is 9.84 Å². The highest BCUT2D eigenvalue weighted by atomic mass is 19.1. The number of alkyl halides is 1. The molecule has 1 unspecified atom stereocenters. The SMILES string of the molecule is CCc1ccccc1Oc1nc2c(c(=O)n(CCCO)c(=O)n2C)n1CC1=CCC(F)C=C1. The fourth-order valence-corrected chi connectivity index (χ4v) is 3.93. The van der Waals surface area contributed by atoms with Gasteiger partial charge in [0.25, 0.3) is 5.56 Å². The summed E-state index contributed by atoms with van der Waals surface area (Å²) >= 11 is 0. The number of rotatable bonds is 8. The molecule has 2 aromatic heterocycles. The number of aromatic nitrogens is 4. The van der Waals surface area contributed by atoms with Crippen molar-refractivity contribution in [2.45, 2.75) is 45.4 Å². The van der Waals surface area contributed by atoms with E-state index in [1.165, 1.54) is 10.6 Å². The molecule has 1 N–H and O–H groups in total. The minimum atomic E-state index is -1.03. The number of aryl methyl sites for hydroxylation is 2. The van der Waals surface area contributed by atoms with Crippen LogP contribution in [0.3, 0.4) is 0 Å². The van der Waals surface area contributed by atoms with Gasteiger partial charge in [0.1, 0.15) is 11.9 Å². The largest absolute Gasteiger partial charge is 0.425 e. The molecule has 0 spiro atoms. The molecule has 174 valence electrons. The van der Waals surface area contributed by atoms with E-state index in [2.05, 4.69) is 4.98 Å². The van der Waals surface area contributed by atoms with Crippen LogP contribution in [-0.2, 0) is 26.6 Å². The van der Waals surface area contributed by atoms with E-state index in [-0.39, 0.29) is 49.7 Å². The van der Waals surface area contributed by atoms with Crippen molar-refractivity contribution in [2.75, 3.05) is 6.61 Å². The third-order valence-corrected chi connectivity index (χ3v) is 5.76. The van der Waals surface area contributed by atoms with Crippen LogP contribution in [0.1, 0.15) is 25.3 Å². The molecule has 0 radical (unpaired) electrons. The van der Waals surface area contributed by atoms with Crippen molar-refractivity contribution in [3.05, 3.63) is 74.5 Å². The van der Waals surface area contributed by atoms with Gasteiger partial charge in [0.15, 0.2) is 11.2 Å². The first-order valence-corrected chi connectivity index (χ1v) is 11.0. The molecule has 3 aromatic rings. The molecule has 1 aromatic carbocycles. The summed E-state index contributed by atoms with van der Waals surface area (Å²) in [7, 11) is 1.55. The normalized spacial score (nSPS) is 15.8. The van der Waals surface area contributed by atoms with Gasteiger partial charge in [-0.3, -0.25) is 18.5 Å². The first-order valence-electron chi connectivity index (χ1n) is 11.0. The summed E-state index contributed by atoms with van der Waals surface area (Å²) in [5, 5.41) is 9.19. The molecule has 8 nitrogen and oxygen atoms in total. The minimum absolute atomic E-state index is 0.0874. The second-order valence-corrected chi connectivity index (χ2v) is 7.98. The van der Waals surface area contributed by atoms with Gasteiger partial charge in [0, 0.05) is 26.6 Å². The van der Waals surface area contributed by atoms with E-state index >= 15 is 0 Å². The molecule has 0 saturated heterocycles. The molecule has 0 aliphatic heterocycles. The highest BCUT2D eigenvalue weighted by Gasteiger charge is 2.23. The summed E-state index contributed by atoms with van der Waals surface area (Å²) in [5.74, 6) is 0.610. The lowest BCUT2D eigenvalue weighted by atomic mass is 10.1. The van der Waals surface area contributed by atoms with Crippen LogP contribution in [0, 0.1) is 0 Å². The Kier molecular flexibility index (Phi) is 6.60. The van der Waals surface area contributed by atoms with Crippen molar-refractivity contribution in [1.82, 2.24) is 18.7 Å². The molecule has 0 saturated carbocycles. The van der Waals surface area contributed by atoms with Crippen LogP contribution in [0.4, 0.5) is 4.39 Å². The number of allylic oxidation sites excluding steroid dienone is 4. The molecule has 2 heterocycles. The van der Waals surface area contributed by atoms with E-state index in [9.17, 15) is 19.1 Å². The molecule has 4 rings (SSSR count). The number of aliphatic hydroxyl groups is 1. The monoisotopic (exact) mass is 454 g/mol. The Bertz CT molecular complexity index is 1350. The molecule has 9 heteroatoms. The van der Waals surface area contributed by atoms with Crippen molar-refractivity contribution in [3.8, 4) is 11.8 Å². The molecule has 0 fully saturated rings. The number of hydrogen-bond acceptors (Lipinski definition) is 5. The Labute approximate surface area is 189 Å². The van der Waals surface area contributed by atoms with Crippen molar-refractivity contribution in [2.24, 2.45) is 7.05 Å². The first-order chi connectivity index (χ1) is 15.9. The zero-order chi connectivity index (χ0) is 23.5. The minimum Gasteiger partial charge on any atom is -0.425 e. The zero-order valence-electron chi connectivity index (χ0n) is 18.7. The maximum atomic E-state index is 13.6. The number of imidazole rings is 1. The number of benzene rings is 1. The molecular formula is C24H27FN4O4. The van der Waals surface area contributed by atoms with Gasteiger partial charge in [-0.25, -0.2) is 9.18 Å². The third-order valence-electron chi connectivity index (χ3n) is 5.76. The smallest absolute Gasteiger partial charge is 0.332 e. The van der Waals surface area contributed by atoms with Gasteiger partial charge in [0.05, 0.1) is 6.54 Å². The molecule has 0 bridgehead atoms. The summed E-state index contributed by atoms with van der Waals surface area (Å²) in [4.78, 5) is 30.7. The maximum Gasteiger partial charge on any atom is 0.332 e. The first kappa shape index (κ1) is 22.7. The summed E-state index contributed by atoms with van der Waals surface area (Å²) in [6.45, 7) is 2.19. The van der Waals surface area contributed by atoms with Crippen molar-refractivity contribution < 1.29 is 14.2 Å². The Hall–Kier alpha value is -3.46. The number of fused-ring (bicyclic) bond motifs is 1. The van der Waals surface area contributed by atoms with Crippen molar-refractivity contribution >= 4 is 11.2 Å². The van der Waals surface area contributed by atoms with E-state index < -0.39 is 17.4 Å². The molecule has 33 heavy (non-hydrogen) atoms. The Morgan fingerprint density at radius 2 is 2.03 bits per heavy atom. The summed E-state index contributed by atoms with van der Waals surface area (Å²) in [6.07, 6.45) is 5.20. The second-order valence-electron chi connectivity index (χ2n) is 7.98. The van der Waals surface area contributed by atoms with Gasteiger partial charge >= 0.3 is 11.7 Å². The standard InChI is InChI=1S/C24H27FN4O4/c1-3-17-7-4-5-8-19(17)33-23-26-21-20(29(23)15-16-9-11-18(25)12-10-16)22(31)28(13-6-14-30)24(32)27(21)2/h4-5,7-11,18,30H,3,6,12-15H2,1-2H3.